The van der Waals surface area contributed by atoms with Gasteiger partial charge < -0.3 is 19.1 Å². The Kier molecular flexibility index (Phi) is 6.27. The normalized spacial score (nSPS) is 13.1. The van der Waals surface area contributed by atoms with E-state index in [1.54, 1.807) is 39.3 Å². The Morgan fingerprint density at radius 1 is 1.12 bits per heavy atom. The van der Waals surface area contributed by atoms with E-state index in [1.807, 2.05) is 12.1 Å². The molecule has 0 aliphatic carbocycles. The van der Waals surface area contributed by atoms with Crippen LogP contribution in [0, 0.1) is 6.92 Å². The summed E-state index contributed by atoms with van der Waals surface area (Å²) in [6, 6.07) is 10.4. The van der Waals surface area contributed by atoms with Gasteiger partial charge in [-0.15, -0.1) is 11.3 Å². The standard InChI is InChI=1S/C23H22F2N2O4S/c1-13-20(32-21(26-13)15-9-10-16(29-2)18(12-15)30-3)22(28)27-11-5-7-14-6-4-8-17(19(14)27)31-23(24)25/h4,6,8-10,12,23H,5,7,11H2,1-3H3. The molecule has 9 heteroatoms. The van der Waals surface area contributed by atoms with Crippen molar-refractivity contribution in [2.24, 2.45) is 0 Å². The van der Waals surface area contributed by atoms with Crippen LogP contribution in [0.2, 0.25) is 0 Å². The molecule has 0 spiro atoms. The highest BCUT2D eigenvalue weighted by molar-refractivity contribution is 7.17. The van der Waals surface area contributed by atoms with Gasteiger partial charge in [-0.2, -0.15) is 8.78 Å². The maximum Gasteiger partial charge on any atom is 0.387 e. The average Bonchev–Trinajstić information content (AvgIpc) is 3.19. The maximum absolute atomic E-state index is 13.5. The third-order valence-electron chi connectivity index (χ3n) is 5.26. The number of amides is 1. The fourth-order valence-electron chi connectivity index (χ4n) is 3.82. The molecule has 4 rings (SSSR count). The number of ether oxygens (including phenoxy) is 3. The second-order valence-corrected chi connectivity index (χ2v) is 8.21. The molecule has 2 aromatic carbocycles. The van der Waals surface area contributed by atoms with Crippen LogP contribution in [-0.2, 0) is 6.42 Å². The summed E-state index contributed by atoms with van der Waals surface area (Å²) in [4.78, 5) is 20.1. The predicted molar refractivity (Wildman–Crippen MR) is 118 cm³/mol. The van der Waals surface area contributed by atoms with Gasteiger partial charge in [-0.05, 0) is 49.6 Å². The second-order valence-electron chi connectivity index (χ2n) is 7.21. The molecule has 1 aliphatic heterocycles. The number of fused-ring (bicyclic) bond motifs is 1. The third-order valence-corrected chi connectivity index (χ3v) is 6.46. The molecule has 0 N–H and O–H groups in total. The zero-order chi connectivity index (χ0) is 22.8. The smallest absolute Gasteiger partial charge is 0.387 e. The lowest BCUT2D eigenvalue weighted by Crippen LogP contribution is -2.36. The number of halogens is 2. The van der Waals surface area contributed by atoms with Crippen LogP contribution < -0.4 is 19.1 Å². The van der Waals surface area contributed by atoms with Gasteiger partial charge in [0.05, 0.1) is 25.6 Å². The van der Waals surface area contributed by atoms with E-state index in [1.165, 1.54) is 22.3 Å². The van der Waals surface area contributed by atoms with E-state index < -0.39 is 6.61 Å². The molecule has 0 saturated carbocycles. The summed E-state index contributed by atoms with van der Waals surface area (Å²) in [5, 5.41) is 0.654. The lowest BCUT2D eigenvalue weighted by Gasteiger charge is -2.30. The quantitative estimate of drug-likeness (QED) is 0.498. The number of benzene rings is 2. The van der Waals surface area contributed by atoms with Crippen LogP contribution in [0.3, 0.4) is 0 Å². The first-order chi connectivity index (χ1) is 15.4. The summed E-state index contributed by atoms with van der Waals surface area (Å²) in [6.07, 6.45) is 1.43. The van der Waals surface area contributed by atoms with Gasteiger partial charge in [-0.25, -0.2) is 4.98 Å². The molecular formula is C23H22F2N2O4S. The largest absolute Gasteiger partial charge is 0.493 e. The Hall–Kier alpha value is -3.20. The molecule has 1 aliphatic rings. The zero-order valence-corrected chi connectivity index (χ0v) is 18.7. The number of aryl methyl sites for hydroxylation is 2. The van der Waals surface area contributed by atoms with E-state index >= 15 is 0 Å². The average molecular weight is 461 g/mol. The minimum atomic E-state index is -2.97. The molecule has 6 nitrogen and oxygen atoms in total. The summed E-state index contributed by atoms with van der Waals surface area (Å²) in [5.41, 5.74) is 2.58. The number of carbonyl (C=O) groups excluding carboxylic acids is 1. The molecule has 0 radical (unpaired) electrons. The van der Waals surface area contributed by atoms with Gasteiger partial charge in [0.1, 0.15) is 15.6 Å². The van der Waals surface area contributed by atoms with Gasteiger partial charge in [0.2, 0.25) is 0 Å². The first-order valence-corrected chi connectivity index (χ1v) is 10.8. The molecule has 168 valence electrons. The van der Waals surface area contributed by atoms with E-state index in [0.717, 1.165) is 17.5 Å². The minimum Gasteiger partial charge on any atom is -0.493 e. The Morgan fingerprint density at radius 3 is 2.62 bits per heavy atom. The molecule has 0 unspecified atom stereocenters. The molecule has 1 aromatic heterocycles. The molecule has 0 bridgehead atoms. The predicted octanol–water partition coefficient (Wildman–Crippen LogP) is 5.33. The van der Waals surface area contributed by atoms with Crippen molar-refractivity contribution in [3.05, 3.63) is 52.5 Å². The first kappa shape index (κ1) is 22.0. The van der Waals surface area contributed by atoms with Crippen LogP contribution in [0.1, 0.15) is 27.3 Å². The van der Waals surface area contributed by atoms with Gasteiger partial charge >= 0.3 is 6.61 Å². The third kappa shape index (κ3) is 4.12. The Labute approximate surface area is 188 Å². The van der Waals surface area contributed by atoms with Crippen LogP contribution in [0.4, 0.5) is 14.5 Å². The Balaban J connectivity index is 1.70. The fourth-order valence-corrected chi connectivity index (χ4v) is 4.83. The van der Waals surface area contributed by atoms with Gasteiger partial charge in [0.25, 0.3) is 5.91 Å². The highest BCUT2D eigenvalue weighted by Gasteiger charge is 2.30. The second kappa shape index (κ2) is 9.12. The molecular weight excluding hydrogens is 438 g/mol. The SMILES string of the molecule is COc1ccc(-c2nc(C)c(C(=O)N3CCCc4cccc(OC(F)F)c43)s2)cc1OC. The van der Waals surface area contributed by atoms with Crippen molar-refractivity contribution in [3.8, 4) is 27.8 Å². The van der Waals surface area contributed by atoms with E-state index in [2.05, 4.69) is 4.98 Å². The van der Waals surface area contributed by atoms with E-state index in [0.29, 0.717) is 45.7 Å². The fraction of sp³-hybridized carbons (Fsp3) is 0.304. The summed E-state index contributed by atoms with van der Waals surface area (Å²) in [7, 11) is 3.11. The van der Waals surface area contributed by atoms with Crippen molar-refractivity contribution in [1.82, 2.24) is 4.98 Å². The van der Waals surface area contributed by atoms with Gasteiger partial charge in [-0.3, -0.25) is 4.79 Å². The number of alkyl halides is 2. The van der Waals surface area contributed by atoms with E-state index in [9.17, 15) is 13.6 Å². The number of thiazole rings is 1. The molecule has 2 heterocycles. The number of aromatic nitrogens is 1. The van der Waals surface area contributed by atoms with Crippen LogP contribution in [0.15, 0.2) is 36.4 Å². The van der Waals surface area contributed by atoms with Gasteiger partial charge in [0.15, 0.2) is 11.5 Å². The van der Waals surface area contributed by atoms with E-state index in [-0.39, 0.29) is 11.7 Å². The first-order valence-electron chi connectivity index (χ1n) is 10.0. The van der Waals surface area contributed by atoms with Crippen LogP contribution in [0.5, 0.6) is 17.2 Å². The summed E-state index contributed by atoms with van der Waals surface area (Å²) >= 11 is 1.25. The highest BCUT2D eigenvalue weighted by atomic mass is 32.1. The molecule has 32 heavy (non-hydrogen) atoms. The molecule has 0 saturated heterocycles. The minimum absolute atomic E-state index is 0.00725. The number of para-hydroxylation sites is 1. The number of carbonyl (C=O) groups is 1. The molecule has 3 aromatic rings. The maximum atomic E-state index is 13.5. The number of anilines is 1. The van der Waals surface area contributed by atoms with Gasteiger partial charge in [-0.1, -0.05) is 12.1 Å². The van der Waals surface area contributed by atoms with Crippen molar-refractivity contribution >= 4 is 22.9 Å². The number of nitrogens with zero attached hydrogens (tertiary/aromatic N) is 2. The monoisotopic (exact) mass is 460 g/mol. The molecule has 0 fully saturated rings. The lowest BCUT2D eigenvalue weighted by atomic mass is 10.0. The molecule has 0 atom stereocenters. The Morgan fingerprint density at radius 2 is 1.91 bits per heavy atom. The number of methoxy groups -OCH3 is 2. The van der Waals surface area contributed by atoms with Crippen LogP contribution in [0.25, 0.3) is 10.6 Å². The van der Waals surface area contributed by atoms with Crippen LogP contribution >= 0.6 is 11.3 Å². The van der Waals surface area contributed by atoms with Crippen molar-refractivity contribution < 1.29 is 27.8 Å². The molecule has 1 amide bonds. The van der Waals surface area contributed by atoms with Crippen molar-refractivity contribution in [2.45, 2.75) is 26.4 Å². The lowest BCUT2D eigenvalue weighted by molar-refractivity contribution is -0.0495. The number of hydrogen-bond donors (Lipinski definition) is 0. The number of hydrogen-bond acceptors (Lipinski definition) is 6. The summed E-state index contributed by atoms with van der Waals surface area (Å²) in [5.74, 6) is 0.882. The highest BCUT2D eigenvalue weighted by Crippen LogP contribution is 2.40. The number of rotatable bonds is 6. The topological polar surface area (TPSA) is 60.9 Å². The Bertz CT molecular complexity index is 1150. The van der Waals surface area contributed by atoms with Crippen LogP contribution in [-0.4, -0.2) is 38.3 Å². The van der Waals surface area contributed by atoms with Crippen molar-refractivity contribution in [1.29, 1.82) is 0 Å². The zero-order valence-electron chi connectivity index (χ0n) is 17.9. The van der Waals surface area contributed by atoms with Crippen molar-refractivity contribution in [3.63, 3.8) is 0 Å². The summed E-state index contributed by atoms with van der Waals surface area (Å²) in [6.45, 7) is -0.791. The van der Waals surface area contributed by atoms with E-state index in [4.69, 9.17) is 14.2 Å². The summed E-state index contributed by atoms with van der Waals surface area (Å²) < 4.78 is 41.3. The van der Waals surface area contributed by atoms with Crippen molar-refractivity contribution in [2.75, 3.05) is 25.7 Å². The van der Waals surface area contributed by atoms with Gasteiger partial charge in [0, 0.05) is 12.1 Å².